The van der Waals surface area contributed by atoms with Crippen molar-refractivity contribution >= 4 is 35.2 Å². The van der Waals surface area contributed by atoms with Gasteiger partial charge in [-0.3, -0.25) is 14.4 Å². The van der Waals surface area contributed by atoms with E-state index in [4.69, 9.17) is 33.7 Å². The third kappa shape index (κ3) is 4.37. The Hall–Kier alpha value is -2.39. The molecule has 2 heterocycles. The number of hydrogen-bond donors (Lipinski definition) is 1. The molecule has 11 heteroatoms. The zero-order valence-corrected chi connectivity index (χ0v) is 18.0. The number of amides is 2. The lowest BCUT2D eigenvalue weighted by Crippen LogP contribution is -2.46. The molecular weight excluding hydrogens is 441 g/mol. The lowest BCUT2D eigenvalue weighted by Gasteiger charge is -2.34. The number of benzene rings is 1. The molecule has 7 nitrogen and oxygen atoms in total. The molecule has 0 fully saturated rings. The summed E-state index contributed by atoms with van der Waals surface area (Å²) in [5.74, 6) is -0.864. The second kappa shape index (κ2) is 8.03. The van der Waals surface area contributed by atoms with Gasteiger partial charge in [-0.05, 0) is 32.9 Å². The maximum absolute atomic E-state index is 13.8. The molecule has 0 radical (unpaired) electrons. The SMILES string of the molecule is CC(C)(C)OC(=O)N1Cc2c(C(N)=O)c(-c3ccc(Cl)c(Cl)c3)nn2C(C(F)F)C1. The van der Waals surface area contributed by atoms with E-state index in [0.717, 1.165) is 9.58 Å². The third-order valence-corrected chi connectivity index (χ3v) is 5.19. The molecule has 0 saturated heterocycles. The van der Waals surface area contributed by atoms with Crippen molar-refractivity contribution in [2.45, 2.75) is 45.4 Å². The maximum Gasteiger partial charge on any atom is 0.410 e. The number of ether oxygens (including phenoxy) is 1. The third-order valence-electron chi connectivity index (χ3n) is 4.45. The van der Waals surface area contributed by atoms with E-state index in [1.165, 1.54) is 12.1 Å². The van der Waals surface area contributed by atoms with E-state index in [2.05, 4.69) is 5.10 Å². The number of fused-ring (bicyclic) bond motifs is 1. The maximum atomic E-state index is 13.8. The first-order valence-electron chi connectivity index (χ1n) is 9.01. The number of alkyl halides is 2. The fourth-order valence-electron chi connectivity index (χ4n) is 3.20. The van der Waals surface area contributed by atoms with Gasteiger partial charge in [0.2, 0.25) is 0 Å². The number of nitrogens with two attached hydrogens (primary N) is 1. The van der Waals surface area contributed by atoms with E-state index < -0.39 is 30.1 Å². The van der Waals surface area contributed by atoms with Crippen LogP contribution >= 0.6 is 23.2 Å². The summed E-state index contributed by atoms with van der Waals surface area (Å²) < 4.78 is 34.0. The predicted octanol–water partition coefficient (Wildman–Crippen LogP) is 4.51. The number of aromatic nitrogens is 2. The van der Waals surface area contributed by atoms with E-state index in [1.807, 2.05) is 0 Å². The van der Waals surface area contributed by atoms with Gasteiger partial charge in [0.05, 0.1) is 34.4 Å². The molecule has 162 valence electrons. The minimum atomic E-state index is -2.85. The first-order chi connectivity index (χ1) is 13.9. The summed E-state index contributed by atoms with van der Waals surface area (Å²) in [7, 11) is 0. The Balaban J connectivity index is 2.12. The number of rotatable bonds is 3. The number of carbonyl (C=O) groups excluding carboxylic acids is 2. The average Bonchev–Trinajstić information content (AvgIpc) is 3.01. The zero-order chi connectivity index (χ0) is 22.4. The van der Waals surface area contributed by atoms with Crippen molar-refractivity contribution in [3.05, 3.63) is 39.5 Å². The highest BCUT2D eigenvalue weighted by Gasteiger charge is 2.39. The summed E-state index contributed by atoms with van der Waals surface area (Å²) >= 11 is 12.0. The van der Waals surface area contributed by atoms with E-state index in [1.54, 1.807) is 26.8 Å². The zero-order valence-electron chi connectivity index (χ0n) is 16.5. The summed E-state index contributed by atoms with van der Waals surface area (Å²) in [5.41, 5.74) is 5.26. The number of carbonyl (C=O) groups is 2. The molecule has 2 aromatic rings. The fourth-order valence-corrected chi connectivity index (χ4v) is 3.50. The second-order valence-electron chi connectivity index (χ2n) is 7.87. The molecule has 0 spiro atoms. The van der Waals surface area contributed by atoms with Crippen LogP contribution < -0.4 is 5.73 Å². The Morgan fingerprint density at radius 3 is 2.47 bits per heavy atom. The highest BCUT2D eigenvalue weighted by atomic mass is 35.5. The monoisotopic (exact) mass is 460 g/mol. The smallest absolute Gasteiger partial charge is 0.410 e. The van der Waals surface area contributed by atoms with Gasteiger partial charge >= 0.3 is 6.09 Å². The van der Waals surface area contributed by atoms with E-state index >= 15 is 0 Å². The Kier molecular flexibility index (Phi) is 5.97. The minimum absolute atomic E-state index is 0.0627. The Morgan fingerprint density at radius 1 is 1.27 bits per heavy atom. The topological polar surface area (TPSA) is 90.4 Å². The summed E-state index contributed by atoms with van der Waals surface area (Å²) in [6.07, 6.45) is -3.62. The lowest BCUT2D eigenvalue weighted by molar-refractivity contribution is -0.00243. The number of hydrogen-bond acceptors (Lipinski definition) is 4. The highest BCUT2D eigenvalue weighted by molar-refractivity contribution is 6.42. The van der Waals surface area contributed by atoms with Crippen LogP contribution in [0.25, 0.3) is 11.3 Å². The molecule has 1 aliphatic heterocycles. The molecule has 1 aromatic carbocycles. The van der Waals surface area contributed by atoms with Gasteiger partial charge in [-0.1, -0.05) is 29.3 Å². The van der Waals surface area contributed by atoms with Crippen LogP contribution in [0.1, 0.15) is 42.9 Å². The van der Waals surface area contributed by atoms with Gasteiger partial charge in [-0.15, -0.1) is 0 Å². The van der Waals surface area contributed by atoms with Crippen molar-refractivity contribution in [2.75, 3.05) is 6.54 Å². The van der Waals surface area contributed by atoms with Crippen molar-refractivity contribution in [3.63, 3.8) is 0 Å². The number of halogens is 4. The van der Waals surface area contributed by atoms with Gasteiger partial charge in [-0.2, -0.15) is 5.10 Å². The first-order valence-corrected chi connectivity index (χ1v) is 9.77. The standard InChI is InChI=1S/C19H20Cl2F2N4O3/c1-19(2,3)30-18(29)26-7-12-14(17(24)28)15(9-4-5-10(20)11(21)6-9)25-27(12)13(8-26)16(22)23/h4-6,13,16H,7-8H2,1-3H3,(H2,24,28). The van der Waals surface area contributed by atoms with Crippen molar-refractivity contribution in [2.24, 2.45) is 5.73 Å². The molecule has 0 saturated carbocycles. The summed E-state index contributed by atoms with van der Waals surface area (Å²) in [5, 5.41) is 4.73. The van der Waals surface area contributed by atoms with Gasteiger partial charge in [-0.25, -0.2) is 13.6 Å². The predicted molar refractivity (Wildman–Crippen MR) is 108 cm³/mol. The van der Waals surface area contributed by atoms with E-state index in [-0.39, 0.29) is 40.1 Å². The average molecular weight is 461 g/mol. The molecule has 1 atom stereocenters. The van der Waals surface area contributed by atoms with Gasteiger partial charge in [0.25, 0.3) is 12.3 Å². The Labute approximate surface area is 181 Å². The van der Waals surface area contributed by atoms with Crippen LogP contribution in [-0.2, 0) is 11.3 Å². The van der Waals surface area contributed by atoms with Crippen molar-refractivity contribution < 1.29 is 23.1 Å². The van der Waals surface area contributed by atoms with E-state index in [9.17, 15) is 18.4 Å². The summed E-state index contributed by atoms with van der Waals surface area (Å²) in [6.45, 7) is 4.51. The summed E-state index contributed by atoms with van der Waals surface area (Å²) in [4.78, 5) is 25.9. The second-order valence-corrected chi connectivity index (χ2v) is 8.69. The molecule has 2 N–H and O–H groups in total. The minimum Gasteiger partial charge on any atom is -0.444 e. The molecule has 1 aromatic heterocycles. The van der Waals surface area contributed by atoms with Crippen molar-refractivity contribution in [3.8, 4) is 11.3 Å². The largest absolute Gasteiger partial charge is 0.444 e. The molecule has 0 bridgehead atoms. The first kappa shape index (κ1) is 22.3. The fraction of sp³-hybridized carbons (Fsp3) is 0.421. The van der Waals surface area contributed by atoms with E-state index in [0.29, 0.717) is 5.56 Å². The Morgan fingerprint density at radius 2 is 1.93 bits per heavy atom. The number of primary amides is 1. The molecule has 2 amide bonds. The molecule has 30 heavy (non-hydrogen) atoms. The van der Waals surface area contributed by atoms with Crippen molar-refractivity contribution in [1.82, 2.24) is 14.7 Å². The molecule has 1 unspecified atom stereocenters. The number of nitrogens with zero attached hydrogens (tertiary/aromatic N) is 3. The molecular formula is C19H20Cl2F2N4O3. The normalized spacial score (nSPS) is 16.5. The summed E-state index contributed by atoms with van der Waals surface area (Å²) in [6, 6.07) is 3.04. The van der Waals surface area contributed by atoms with Crippen LogP contribution in [0, 0.1) is 0 Å². The van der Waals surface area contributed by atoms with Gasteiger partial charge in [0, 0.05) is 5.56 Å². The molecule has 3 rings (SSSR count). The highest BCUT2D eigenvalue weighted by Crippen LogP contribution is 2.36. The van der Waals surface area contributed by atoms with Crippen LogP contribution in [-0.4, -0.2) is 45.3 Å². The van der Waals surface area contributed by atoms with Crippen LogP contribution in [0.2, 0.25) is 10.0 Å². The van der Waals surface area contributed by atoms with Crippen LogP contribution in [0.3, 0.4) is 0 Å². The van der Waals surface area contributed by atoms with Gasteiger partial charge < -0.3 is 10.5 Å². The van der Waals surface area contributed by atoms with Crippen molar-refractivity contribution in [1.29, 1.82) is 0 Å². The van der Waals surface area contributed by atoms with Crippen LogP contribution in [0.4, 0.5) is 13.6 Å². The Bertz CT molecular complexity index is 1000. The molecule has 0 aliphatic carbocycles. The van der Waals surface area contributed by atoms with Gasteiger partial charge in [0.1, 0.15) is 17.3 Å². The van der Waals surface area contributed by atoms with Crippen LogP contribution in [0.5, 0.6) is 0 Å². The van der Waals surface area contributed by atoms with Crippen LogP contribution in [0.15, 0.2) is 18.2 Å². The van der Waals surface area contributed by atoms with Gasteiger partial charge in [0.15, 0.2) is 0 Å². The molecule has 1 aliphatic rings. The lowest BCUT2D eigenvalue weighted by atomic mass is 10.0. The quantitative estimate of drug-likeness (QED) is 0.728.